The summed E-state index contributed by atoms with van der Waals surface area (Å²) in [6.07, 6.45) is 1.28. The molecule has 1 saturated heterocycles. The second kappa shape index (κ2) is 8.58. The number of amides is 1. The summed E-state index contributed by atoms with van der Waals surface area (Å²) in [5, 5.41) is 19.3. The van der Waals surface area contributed by atoms with Gasteiger partial charge in [-0.3, -0.25) is 29.0 Å². The van der Waals surface area contributed by atoms with Crippen LogP contribution < -0.4 is 16.5 Å². The van der Waals surface area contributed by atoms with Gasteiger partial charge in [0, 0.05) is 45.5 Å². The second-order valence-electron chi connectivity index (χ2n) is 6.09. The highest BCUT2D eigenvalue weighted by Crippen LogP contribution is 1.97. The average Bonchev–Trinajstić information content (AvgIpc) is 2.55. The van der Waals surface area contributed by atoms with E-state index in [-0.39, 0.29) is 24.5 Å². The summed E-state index contributed by atoms with van der Waals surface area (Å²) in [5.41, 5.74) is -0.608. The van der Waals surface area contributed by atoms with Crippen LogP contribution in [-0.2, 0) is 22.7 Å². The van der Waals surface area contributed by atoms with Crippen LogP contribution in [-0.4, -0.2) is 82.2 Å². The third kappa shape index (κ3) is 5.54. The minimum absolute atomic E-state index is 0.0278. The number of hydrogen-bond acceptors (Lipinski definition) is 6. The van der Waals surface area contributed by atoms with Crippen LogP contribution >= 0.6 is 0 Å². The minimum atomic E-state index is -1.13. The molecule has 0 saturated carbocycles. The minimum Gasteiger partial charge on any atom is -0.480 e. The molecule has 0 atom stereocenters. The van der Waals surface area contributed by atoms with E-state index >= 15 is 0 Å². The van der Waals surface area contributed by atoms with E-state index in [0.717, 1.165) is 35.3 Å². The summed E-state index contributed by atoms with van der Waals surface area (Å²) >= 11 is 0. The summed E-state index contributed by atoms with van der Waals surface area (Å²) in [5.74, 6) is -1.26. The fourth-order valence-electron chi connectivity index (χ4n) is 2.63. The lowest BCUT2D eigenvalue weighted by Crippen LogP contribution is -2.48. The van der Waals surface area contributed by atoms with Gasteiger partial charge in [-0.2, -0.15) is 0 Å². The van der Waals surface area contributed by atoms with E-state index in [0.29, 0.717) is 6.54 Å². The van der Waals surface area contributed by atoms with E-state index in [1.807, 2.05) is 7.05 Å². The number of carbonyl (C=O) groups excluding carboxylic acids is 1. The fraction of sp³-hybridized carbons (Fsp3) is 0.600. The van der Waals surface area contributed by atoms with Crippen LogP contribution in [0.4, 0.5) is 0 Å². The topological polar surface area (TPSA) is 124 Å². The molecule has 1 aliphatic heterocycles. The van der Waals surface area contributed by atoms with E-state index in [2.05, 4.69) is 15.1 Å². The molecule has 1 fully saturated rings. The summed E-state index contributed by atoms with van der Waals surface area (Å²) in [6, 6.07) is 1.36. The molecule has 10 nitrogen and oxygen atoms in total. The van der Waals surface area contributed by atoms with Crippen LogP contribution in [0, 0.1) is 5.41 Å². The predicted molar refractivity (Wildman–Crippen MR) is 89.1 cm³/mol. The lowest BCUT2D eigenvalue weighted by molar-refractivity contribution is -0.137. The molecular formula is C15H24N6O4. The van der Waals surface area contributed by atoms with E-state index in [4.69, 9.17) is 10.5 Å². The van der Waals surface area contributed by atoms with Crippen molar-refractivity contribution in [2.24, 2.45) is 0 Å². The highest BCUT2D eigenvalue weighted by molar-refractivity contribution is 5.77. The zero-order chi connectivity index (χ0) is 18.4. The molecule has 1 amide bonds. The van der Waals surface area contributed by atoms with Gasteiger partial charge in [0.1, 0.15) is 12.0 Å². The molecule has 0 spiro atoms. The van der Waals surface area contributed by atoms with Gasteiger partial charge in [0.05, 0.1) is 6.54 Å². The quantitative estimate of drug-likeness (QED) is 0.502. The maximum absolute atomic E-state index is 12.2. The number of likely N-dealkylation sites (N-methyl/N-ethyl adjacent to an activating group) is 1. The van der Waals surface area contributed by atoms with Crippen molar-refractivity contribution in [1.82, 2.24) is 24.3 Å². The van der Waals surface area contributed by atoms with E-state index in [1.165, 1.54) is 12.3 Å². The first kappa shape index (κ1) is 18.9. The van der Waals surface area contributed by atoms with Gasteiger partial charge in [-0.15, -0.1) is 0 Å². The van der Waals surface area contributed by atoms with Crippen LogP contribution in [0.5, 0.6) is 0 Å². The molecule has 10 heteroatoms. The number of nitrogens with zero attached hydrogens (tertiary/aromatic N) is 4. The smallest absolute Gasteiger partial charge is 0.330 e. The third-order valence-corrected chi connectivity index (χ3v) is 4.11. The molecule has 25 heavy (non-hydrogen) atoms. The van der Waals surface area contributed by atoms with E-state index in [1.54, 1.807) is 0 Å². The van der Waals surface area contributed by atoms with Crippen molar-refractivity contribution < 1.29 is 14.7 Å². The standard InChI is InChI=1S/C15H24N6O4/c1-18-6-8-19(9-7-18)10-13(22)17-3-5-21-12(16)2-4-20(15(21)25)11-14(23)24/h2,4,16H,3,5-11H2,1H3,(H,17,22)(H,23,24). The Balaban J connectivity index is 1.87. The largest absolute Gasteiger partial charge is 0.480 e. The number of carbonyl (C=O) groups is 2. The first-order chi connectivity index (χ1) is 11.9. The molecule has 0 bridgehead atoms. The van der Waals surface area contributed by atoms with Gasteiger partial charge >= 0.3 is 11.7 Å². The fourth-order valence-corrected chi connectivity index (χ4v) is 2.63. The molecule has 1 aromatic heterocycles. The SMILES string of the molecule is CN1CCN(CC(=O)NCCn2c(=N)ccn(CC(=O)O)c2=O)CC1. The highest BCUT2D eigenvalue weighted by atomic mass is 16.4. The molecule has 138 valence electrons. The molecule has 2 rings (SSSR count). The monoisotopic (exact) mass is 352 g/mol. The number of aliphatic carboxylic acids is 1. The van der Waals surface area contributed by atoms with Crippen LogP contribution in [0.1, 0.15) is 0 Å². The number of rotatable bonds is 7. The zero-order valence-electron chi connectivity index (χ0n) is 14.3. The molecule has 0 aromatic carbocycles. The van der Waals surface area contributed by atoms with Gasteiger partial charge in [-0.1, -0.05) is 0 Å². The normalized spacial score (nSPS) is 15.9. The number of nitrogens with one attached hydrogen (secondary N) is 2. The number of carboxylic acids is 1. The Morgan fingerprint density at radius 1 is 1.24 bits per heavy atom. The summed E-state index contributed by atoms with van der Waals surface area (Å²) in [6.45, 7) is 3.71. The number of piperazine rings is 1. The van der Waals surface area contributed by atoms with Gasteiger partial charge in [0.2, 0.25) is 5.91 Å². The van der Waals surface area contributed by atoms with Gasteiger partial charge in [-0.25, -0.2) is 4.79 Å². The Labute approximate surface area is 144 Å². The molecular weight excluding hydrogens is 328 g/mol. The number of hydrogen-bond donors (Lipinski definition) is 3. The number of aromatic nitrogens is 2. The highest BCUT2D eigenvalue weighted by Gasteiger charge is 2.16. The summed E-state index contributed by atoms with van der Waals surface area (Å²) < 4.78 is 2.16. The Morgan fingerprint density at radius 2 is 1.92 bits per heavy atom. The average molecular weight is 352 g/mol. The Kier molecular flexibility index (Phi) is 6.48. The van der Waals surface area contributed by atoms with Gasteiger partial charge < -0.3 is 15.3 Å². The number of carboxylic acid groups (broad SMARTS) is 1. The Bertz CT molecular complexity index is 732. The van der Waals surface area contributed by atoms with Crippen molar-refractivity contribution >= 4 is 11.9 Å². The first-order valence-electron chi connectivity index (χ1n) is 8.11. The predicted octanol–water partition coefficient (Wildman–Crippen LogP) is -2.42. The van der Waals surface area contributed by atoms with Crippen molar-refractivity contribution in [3.8, 4) is 0 Å². The maximum atomic E-state index is 12.2. The molecule has 0 unspecified atom stereocenters. The van der Waals surface area contributed by atoms with Crippen LogP contribution in [0.3, 0.4) is 0 Å². The van der Waals surface area contributed by atoms with Crippen LogP contribution in [0.25, 0.3) is 0 Å². The lowest BCUT2D eigenvalue weighted by Gasteiger charge is -2.31. The lowest BCUT2D eigenvalue weighted by atomic mass is 10.3. The summed E-state index contributed by atoms with van der Waals surface area (Å²) in [4.78, 5) is 39.2. The molecule has 2 heterocycles. The first-order valence-corrected chi connectivity index (χ1v) is 8.11. The van der Waals surface area contributed by atoms with Gasteiger partial charge in [0.15, 0.2) is 0 Å². The zero-order valence-corrected chi connectivity index (χ0v) is 14.3. The second-order valence-corrected chi connectivity index (χ2v) is 6.09. The Morgan fingerprint density at radius 3 is 2.56 bits per heavy atom. The third-order valence-electron chi connectivity index (χ3n) is 4.11. The Hall–Kier alpha value is -2.46. The molecule has 0 aliphatic carbocycles. The van der Waals surface area contributed by atoms with E-state index in [9.17, 15) is 14.4 Å². The molecule has 0 radical (unpaired) electrons. The van der Waals surface area contributed by atoms with Crippen molar-refractivity contribution in [2.45, 2.75) is 13.1 Å². The summed E-state index contributed by atoms with van der Waals surface area (Å²) in [7, 11) is 2.05. The maximum Gasteiger partial charge on any atom is 0.330 e. The van der Waals surface area contributed by atoms with Gasteiger partial charge in [0.25, 0.3) is 0 Å². The molecule has 1 aliphatic rings. The van der Waals surface area contributed by atoms with Crippen molar-refractivity contribution in [3.05, 3.63) is 28.2 Å². The van der Waals surface area contributed by atoms with Crippen LogP contribution in [0.15, 0.2) is 17.1 Å². The van der Waals surface area contributed by atoms with E-state index < -0.39 is 18.2 Å². The molecule has 1 aromatic rings. The molecule has 3 N–H and O–H groups in total. The van der Waals surface area contributed by atoms with Crippen molar-refractivity contribution in [1.29, 1.82) is 5.41 Å². The van der Waals surface area contributed by atoms with Crippen molar-refractivity contribution in [2.75, 3.05) is 46.3 Å². The van der Waals surface area contributed by atoms with Gasteiger partial charge in [-0.05, 0) is 13.1 Å². The van der Waals surface area contributed by atoms with Crippen LogP contribution in [0.2, 0.25) is 0 Å². The van der Waals surface area contributed by atoms with Crippen molar-refractivity contribution in [3.63, 3.8) is 0 Å².